The maximum Gasteiger partial charge on any atom is 0.294 e. The lowest BCUT2D eigenvalue weighted by atomic mass is 9.95. The second-order valence-electron chi connectivity index (χ2n) is 8.44. The number of ether oxygens (including phenoxy) is 1. The van der Waals surface area contributed by atoms with Crippen LogP contribution in [0.4, 0.5) is 5.69 Å². The fourth-order valence-electron chi connectivity index (χ4n) is 4.81. The molecule has 1 amide bonds. The average molecular weight is 476 g/mol. The van der Waals surface area contributed by atoms with Crippen LogP contribution in [0.1, 0.15) is 22.2 Å². The number of para-hydroxylation sites is 1. The van der Waals surface area contributed by atoms with E-state index in [0.717, 1.165) is 10.8 Å². The van der Waals surface area contributed by atoms with Crippen molar-refractivity contribution in [2.24, 2.45) is 0 Å². The number of furan rings is 1. The topological polar surface area (TPSA) is 92.9 Å². The van der Waals surface area contributed by atoms with E-state index < -0.39 is 23.5 Å². The number of methoxy groups -OCH3 is 1. The van der Waals surface area contributed by atoms with Gasteiger partial charge in [0.25, 0.3) is 5.91 Å². The number of hydrogen-bond donors (Lipinski definition) is 1. The van der Waals surface area contributed by atoms with Crippen LogP contribution in [0, 0.1) is 0 Å². The van der Waals surface area contributed by atoms with Gasteiger partial charge in [-0.2, -0.15) is 0 Å². The first-order chi connectivity index (χ1) is 17.6. The largest absolute Gasteiger partial charge is 0.503 e. The standard InChI is InChI=1S/C29H20N2O5/c1-35-22-11-5-8-19-16-23(36-28(19)22)26(32)24-25(18-12-14-30-15-13-18)31(29(34)27(24)33)21-10-4-7-17-6-2-3-9-20(17)21/h2-16,25,33H,1H3. The molecular weight excluding hydrogens is 456 g/mol. The Kier molecular flexibility index (Phi) is 5.04. The molecule has 1 aliphatic heterocycles. The Hall–Kier alpha value is -4.91. The number of Topliss-reactive ketones (excluding diaryl/α,β-unsaturated/α-hetero) is 1. The number of rotatable bonds is 5. The van der Waals surface area contributed by atoms with Crippen molar-refractivity contribution in [2.45, 2.75) is 6.04 Å². The van der Waals surface area contributed by atoms with Gasteiger partial charge in [0.15, 0.2) is 22.9 Å². The van der Waals surface area contributed by atoms with Crippen LogP contribution in [-0.2, 0) is 4.79 Å². The van der Waals surface area contributed by atoms with E-state index >= 15 is 0 Å². The van der Waals surface area contributed by atoms with Crippen LogP contribution < -0.4 is 9.64 Å². The van der Waals surface area contributed by atoms with Gasteiger partial charge in [-0.1, -0.05) is 48.5 Å². The lowest BCUT2D eigenvalue weighted by molar-refractivity contribution is -0.117. The molecule has 1 unspecified atom stereocenters. The highest BCUT2D eigenvalue weighted by molar-refractivity contribution is 6.22. The molecule has 0 fully saturated rings. The second-order valence-corrected chi connectivity index (χ2v) is 8.44. The highest BCUT2D eigenvalue weighted by atomic mass is 16.5. The Labute approximate surface area is 205 Å². The minimum atomic E-state index is -0.881. The zero-order chi connectivity index (χ0) is 24.8. The van der Waals surface area contributed by atoms with E-state index in [9.17, 15) is 14.7 Å². The summed E-state index contributed by atoms with van der Waals surface area (Å²) in [7, 11) is 1.52. The molecule has 5 aromatic rings. The number of carbonyl (C=O) groups excluding carboxylic acids is 2. The third-order valence-electron chi connectivity index (χ3n) is 6.45. The Morgan fingerprint density at radius 3 is 2.50 bits per heavy atom. The minimum absolute atomic E-state index is 0.00248. The SMILES string of the molecule is COc1cccc2cc(C(=O)C3=C(O)C(=O)N(c4cccc5ccccc45)C3c3ccncc3)oc12. The van der Waals surface area contributed by atoms with Crippen molar-refractivity contribution >= 4 is 39.1 Å². The van der Waals surface area contributed by atoms with Gasteiger partial charge in [-0.25, -0.2) is 0 Å². The summed E-state index contributed by atoms with van der Waals surface area (Å²) in [4.78, 5) is 32.9. The first-order valence-corrected chi connectivity index (χ1v) is 11.3. The quantitative estimate of drug-likeness (QED) is 0.324. The number of benzene rings is 3. The smallest absolute Gasteiger partial charge is 0.294 e. The van der Waals surface area contributed by atoms with Gasteiger partial charge in [0.2, 0.25) is 5.78 Å². The van der Waals surface area contributed by atoms with Gasteiger partial charge in [-0.15, -0.1) is 0 Å². The van der Waals surface area contributed by atoms with E-state index in [2.05, 4.69) is 4.98 Å². The number of aromatic nitrogens is 1. The number of ketones is 1. The molecule has 7 heteroatoms. The third-order valence-corrected chi connectivity index (χ3v) is 6.45. The monoisotopic (exact) mass is 476 g/mol. The Morgan fingerprint density at radius 2 is 1.69 bits per heavy atom. The van der Waals surface area contributed by atoms with Gasteiger partial charge in [0.1, 0.15) is 0 Å². The number of aliphatic hydroxyl groups excluding tert-OH is 1. The molecule has 0 aliphatic carbocycles. The molecular formula is C29H20N2O5. The maximum atomic E-state index is 13.8. The zero-order valence-corrected chi connectivity index (χ0v) is 19.2. The molecule has 0 radical (unpaired) electrons. The summed E-state index contributed by atoms with van der Waals surface area (Å²) < 4.78 is 11.2. The molecule has 0 saturated heterocycles. The maximum absolute atomic E-state index is 13.8. The van der Waals surface area contributed by atoms with Gasteiger partial charge < -0.3 is 14.3 Å². The summed E-state index contributed by atoms with van der Waals surface area (Å²) in [6.45, 7) is 0. The molecule has 3 heterocycles. The van der Waals surface area contributed by atoms with Crippen LogP contribution >= 0.6 is 0 Å². The molecule has 1 atom stereocenters. The van der Waals surface area contributed by atoms with Gasteiger partial charge in [0, 0.05) is 23.2 Å². The van der Waals surface area contributed by atoms with E-state index in [4.69, 9.17) is 9.15 Å². The molecule has 2 aromatic heterocycles. The van der Waals surface area contributed by atoms with Crippen LogP contribution in [-0.4, -0.2) is 28.9 Å². The second kappa shape index (κ2) is 8.39. The van der Waals surface area contributed by atoms with Gasteiger partial charge in [-0.05, 0) is 41.3 Å². The fourth-order valence-corrected chi connectivity index (χ4v) is 4.81. The van der Waals surface area contributed by atoms with E-state index in [-0.39, 0.29) is 11.3 Å². The molecule has 176 valence electrons. The first kappa shape index (κ1) is 21.6. The lowest BCUT2D eigenvalue weighted by Gasteiger charge is -2.27. The van der Waals surface area contributed by atoms with Gasteiger partial charge >= 0.3 is 0 Å². The van der Waals surface area contributed by atoms with E-state index in [1.165, 1.54) is 12.0 Å². The predicted octanol–water partition coefficient (Wildman–Crippen LogP) is 5.77. The molecule has 1 N–H and O–H groups in total. The number of aliphatic hydroxyl groups is 1. The van der Waals surface area contributed by atoms with Crippen molar-refractivity contribution in [2.75, 3.05) is 12.0 Å². The number of carbonyl (C=O) groups is 2. The summed E-state index contributed by atoms with van der Waals surface area (Å²) in [5.74, 6) is -1.37. The summed E-state index contributed by atoms with van der Waals surface area (Å²) >= 11 is 0. The molecule has 6 rings (SSSR count). The Balaban J connectivity index is 1.54. The van der Waals surface area contributed by atoms with Crippen LogP contribution in [0.15, 0.2) is 107 Å². The lowest BCUT2D eigenvalue weighted by Crippen LogP contribution is -2.31. The summed E-state index contributed by atoms with van der Waals surface area (Å²) in [6, 6.07) is 22.7. The normalized spacial score (nSPS) is 15.8. The minimum Gasteiger partial charge on any atom is -0.503 e. The van der Waals surface area contributed by atoms with Crippen LogP contribution in [0.2, 0.25) is 0 Å². The van der Waals surface area contributed by atoms with Crippen LogP contribution in [0.3, 0.4) is 0 Å². The van der Waals surface area contributed by atoms with Crippen molar-refractivity contribution in [3.8, 4) is 5.75 Å². The fraction of sp³-hybridized carbons (Fsp3) is 0.0690. The van der Waals surface area contributed by atoms with Crippen LogP contribution in [0.25, 0.3) is 21.7 Å². The number of hydrogen-bond acceptors (Lipinski definition) is 6. The van der Waals surface area contributed by atoms with Crippen molar-refractivity contribution in [3.63, 3.8) is 0 Å². The van der Waals surface area contributed by atoms with Gasteiger partial charge in [-0.3, -0.25) is 19.5 Å². The summed E-state index contributed by atoms with van der Waals surface area (Å²) in [5.41, 5.74) is 1.57. The van der Waals surface area contributed by atoms with Crippen molar-refractivity contribution in [1.29, 1.82) is 0 Å². The number of anilines is 1. The van der Waals surface area contributed by atoms with Crippen LogP contribution in [0.5, 0.6) is 5.75 Å². The molecule has 0 spiro atoms. The molecule has 36 heavy (non-hydrogen) atoms. The Morgan fingerprint density at radius 1 is 0.972 bits per heavy atom. The third kappa shape index (κ3) is 3.25. The highest BCUT2D eigenvalue weighted by Gasteiger charge is 2.45. The molecule has 0 saturated carbocycles. The average Bonchev–Trinajstić information content (AvgIpc) is 3.47. The summed E-state index contributed by atoms with van der Waals surface area (Å²) in [6.07, 6.45) is 3.18. The highest BCUT2D eigenvalue weighted by Crippen LogP contribution is 2.44. The zero-order valence-electron chi connectivity index (χ0n) is 19.2. The number of nitrogens with zero attached hydrogens (tertiary/aromatic N) is 2. The van der Waals surface area contributed by atoms with Crippen molar-refractivity contribution in [1.82, 2.24) is 4.98 Å². The molecule has 1 aliphatic rings. The van der Waals surface area contributed by atoms with Gasteiger partial charge in [0.05, 0.1) is 24.4 Å². The molecule has 0 bridgehead atoms. The van der Waals surface area contributed by atoms with Crippen molar-refractivity contribution < 1.29 is 23.8 Å². The van der Waals surface area contributed by atoms with E-state index in [1.807, 2.05) is 36.4 Å². The molecule has 3 aromatic carbocycles. The summed E-state index contributed by atoms with van der Waals surface area (Å²) in [5, 5.41) is 13.5. The van der Waals surface area contributed by atoms with Crippen molar-refractivity contribution in [3.05, 3.63) is 114 Å². The number of amides is 1. The predicted molar refractivity (Wildman–Crippen MR) is 135 cm³/mol. The number of pyridine rings is 1. The Bertz CT molecular complexity index is 1680. The van der Waals surface area contributed by atoms with E-state index in [0.29, 0.717) is 28.0 Å². The number of fused-ring (bicyclic) bond motifs is 2. The molecule has 7 nitrogen and oxygen atoms in total. The van der Waals surface area contributed by atoms with E-state index in [1.54, 1.807) is 54.9 Å². The first-order valence-electron chi connectivity index (χ1n) is 11.3.